The molecule has 1 amide bonds. The molecule has 24 heavy (non-hydrogen) atoms. The molecule has 2 heterocycles. The van der Waals surface area contributed by atoms with E-state index in [0.717, 1.165) is 19.3 Å². The number of rotatable bonds is 4. The molecule has 0 radical (unpaired) electrons. The predicted molar refractivity (Wildman–Crippen MR) is 86.8 cm³/mol. The summed E-state index contributed by atoms with van der Waals surface area (Å²) >= 11 is 0. The fourth-order valence-electron chi connectivity index (χ4n) is 2.81. The number of aromatic nitrogens is 2. The highest BCUT2D eigenvalue weighted by atomic mass is 32.2. The van der Waals surface area contributed by atoms with Gasteiger partial charge in [-0.15, -0.1) is 5.10 Å². The fourth-order valence-corrected chi connectivity index (χ4v) is 3.79. The number of hydrogen-bond donors (Lipinski definition) is 0. The summed E-state index contributed by atoms with van der Waals surface area (Å²) in [4.78, 5) is 14.0. The second-order valence-corrected chi connectivity index (χ2v) is 7.80. The first-order valence-electron chi connectivity index (χ1n) is 7.88. The van der Waals surface area contributed by atoms with E-state index in [4.69, 9.17) is 4.42 Å². The second-order valence-electron chi connectivity index (χ2n) is 5.93. The Morgan fingerprint density at radius 1 is 1.25 bits per heavy atom. The number of carbonyl (C=O) groups excluding carboxylic acids is 1. The van der Waals surface area contributed by atoms with Crippen molar-refractivity contribution in [3.05, 3.63) is 30.3 Å². The smallest absolute Gasteiger partial charge is 0.336 e. The number of nitrogens with zero attached hydrogens (tertiary/aromatic N) is 3. The summed E-state index contributed by atoms with van der Waals surface area (Å²) in [5.41, 5.74) is 0.627. The van der Waals surface area contributed by atoms with Crippen molar-refractivity contribution in [2.75, 3.05) is 12.3 Å². The standard InChI is InChI=1S/C16H19N3O4S/c1-12-7-5-6-10-19(12)14(20)11-24(21,22)16-18-17-15(23-16)13-8-3-2-4-9-13/h2-4,8-9,12H,5-7,10-11H2,1H3. The monoisotopic (exact) mass is 349 g/mol. The van der Waals surface area contributed by atoms with Crippen LogP contribution < -0.4 is 0 Å². The first-order valence-corrected chi connectivity index (χ1v) is 9.54. The third-order valence-electron chi connectivity index (χ3n) is 4.13. The average molecular weight is 349 g/mol. The van der Waals surface area contributed by atoms with E-state index in [9.17, 15) is 13.2 Å². The van der Waals surface area contributed by atoms with Gasteiger partial charge in [0.1, 0.15) is 5.75 Å². The van der Waals surface area contributed by atoms with E-state index in [1.807, 2.05) is 13.0 Å². The van der Waals surface area contributed by atoms with Crippen LogP contribution in [0.15, 0.2) is 40.0 Å². The number of likely N-dealkylation sites (tertiary alicyclic amines) is 1. The first kappa shape index (κ1) is 16.6. The van der Waals surface area contributed by atoms with Gasteiger partial charge in [-0.3, -0.25) is 4.79 Å². The molecule has 0 bridgehead atoms. The molecule has 3 rings (SSSR count). The van der Waals surface area contributed by atoms with Gasteiger partial charge in [0, 0.05) is 18.2 Å². The predicted octanol–water partition coefficient (Wildman–Crippen LogP) is 1.91. The van der Waals surface area contributed by atoms with Crippen molar-refractivity contribution in [3.63, 3.8) is 0 Å². The fraction of sp³-hybridized carbons (Fsp3) is 0.438. The van der Waals surface area contributed by atoms with E-state index >= 15 is 0 Å². The van der Waals surface area contributed by atoms with Crippen LogP contribution in [0.25, 0.3) is 11.5 Å². The van der Waals surface area contributed by atoms with Gasteiger partial charge in [-0.1, -0.05) is 23.3 Å². The van der Waals surface area contributed by atoms with E-state index in [1.165, 1.54) is 0 Å². The second kappa shape index (κ2) is 6.72. The van der Waals surface area contributed by atoms with E-state index < -0.39 is 26.7 Å². The summed E-state index contributed by atoms with van der Waals surface area (Å²) in [6.45, 7) is 2.53. The minimum Gasteiger partial charge on any atom is -0.408 e. The number of piperidine rings is 1. The van der Waals surface area contributed by atoms with Crippen LogP contribution in [0.1, 0.15) is 26.2 Å². The third-order valence-corrected chi connectivity index (χ3v) is 5.45. The van der Waals surface area contributed by atoms with Gasteiger partial charge in [0.15, 0.2) is 0 Å². The van der Waals surface area contributed by atoms with Gasteiger partial charge >= 0.3 is 5.22 Å². The molecule has 8 heteroatoms. The molecule has 1 aromatic carbocycles. The highest BCUT2D eigenvalue weighted by Gasteiger charge is 2.31. The van der Waals surface area contributed by atoms with Crippen LogP contribution in [-0.4, -0.2) is 47.8 Å². The quantitative estimate of drug-likeness (QED) is 0.837. The lowest BCUT2D eigenvalue weighted by atomic mass is 10.0. The lowest BCUT2D eigenvalue weighted by Gasteiger charge is -2.33. The van der Waals surface area contributed by atoms with Crippen molar-refractivity contribution in [3.8, 4) is 11.5 Å². The van der Waals surface area contributed by atoms with Crippen LogP contribution in [0.2, 0.25) is 0 Å². The van der Waals surface area contributed by atoms with Crippen molar-refractivity contribution in [1.82, 2.24) is 15.1 Å². The average Bonchev–Trinajstić information content (AvgIpc) is 3.06. The zero-order valence-electron chi connectivity index (χ0n) is 13.4. The van der Waals surface area contributed by atoms with Crippen LogP contribution in [-0.2, 0) is 14.6 Å². The Balaban J connectivity index is 1.76. The Kier molecular flexibility index (Phi) is 4.66. The molecule has 0 N–H and O–H groups in total. The van der Waals surface area contributed by atoms with Gasteiger partial charge < -0.3 is 9.32 Å². The van der Waals surface area contributed by atoms with Crippen molar-refractivity contribution in [1.29, 1.82) is 0 Å². The van der Waals surface area contributed by atoms with Crippen molar-refractivity contribution < 1.29 is 17.6 Å². The summed E-state index contributed by atoms with van der Waals surface area (Å²) in [7, 11) is -3.95. The Morgan fingerprint density at radius 2 is 2.00 bits per heavy atom. The van der Waals surface area contributed by atoms with Crippen LogP contribution in [0.4, 0.5) is 0 Å². The van der Waals surface area contributed by atoms with Gasteiger partial charge in [-0.2, -0.15) is 0 Å². The maximum Gasteiger partial charge on any atom is 0.336 e. The summed E-state index contributed by atoms with van der Waals surface area (Å²) in [5.74, 6) is -0.942. The SMILES string of the molecule is CC1CCCCN1C(=O)CS(=O)(=O)c1nnc(-c2ccccc2)o1. The highest BCUT2D eigenvalue weighted by Crippen LogP contribution is 2.21. The van der Waals surface area contributed by atoms with E-state index in [2.05, 4.69) is 10.2 Å². The molecule has 7 nitrogen and oxygen atoms in total. The van der Waals surface area contributed by atoms with Gasteiger partial charge in [-0.05, 0) is 38.3 Å². The minimum absolute atomic E-state index is 0.0593. The van der Waals surface area contributed by atoms with E-state index in [1.54, 1.807) is 29.2 Å². The molecule has 1 aromatic heterocycles. The molecule has 1 aliphatic rings. The lowest BCUT2D eigenvalue weighted by molar-refractivity contribution is -0.131. The van der Waals surface area contributed by atoms with Gasteiger partial charge in [0.2, 0.25) is 21.6 Å². The molecule has 2 aromatic rings. The maximum atomic E-state index is 12.4. The Bertz CT molecular complexity index is 817. The van der Waals surface area contributed by atoms with Crippen molar-refractivity contribution in [2.45, 2.75) is 37.5 Å². The molecular weight excluding hydrogens is 330 g/mol. The summed E-state index contributed by atoms with van der Waals surface area (Å²) in [5, 5.41) is 6.86. The number of benzene rings is 1. The number of carbonyl (C=O) groups is 1. The van der Waals surface area contributed by atoms with Crippen molar-refractivity contribution >= 4 is 15.7 Å². The molecule has 128 valence electrons. The van der Waals surface area contributed by atoms with Crippen LogP contribution in [0.5, 0.6) is 0 Å². The highest BCUT2D eigenvalue weighted by molar-refractivity contribution is 7.91. The van der Waals surface area contributed by atoms with E-state index in [-0.39, 0.29) is 11.9 Å². The largest absolute Gasteiger partial charge is 0.408 e. The molecule has 1 unspecified atom stereocenters. The third kappa shape index (κ3) is 3.48. The minimum atomic E-state index is -3.95. The van der Waals surface area contributed by atoms with Crippen LogP contribution >= 0.6 is 0 Å². The molecule has 0 spiro atoms. The molecule has 0 aliphatic carbocycles. The first-order chi connectivity index (χ1) is 11.5. The molecular formula is C16H19N3O4S. The van der Waals surface area contributed by atoms with Crippen molar-refractivity contribution in [2.24, 2.45) is 0 Å². The van der Waals surface area contributed by atoms with Crippen LogP contribution in [0.3, 0.4) is 0 Å². The Morgan fingerprint density at radius 3 is 2.71 bits per heavy atom. The van der Waals surface area contributed by atoms with Gasteiger partial charge in [0.05, 0.1) is 0 Å². The molecule has 1 aliphatic heterocycles. The number of amides is 1. The number of sulfone groups is 1. The molecule has 1 atom stereocenters. The summed E-state index contributed by atoms with van der Waals surface area (Å²) in [6, 6.07) is 8.94. The van der Waals surface area contributed by atoms with Gasteiger partial charge in [0.25, 0.3) is 0 Å². The number of hydrogen-bond acceptors (Lipinski definition) is 6. The van der Waals surface area contributed by atoms with E-state index in [0.29, 0.717) is 12.1 Å². The van der Waals surface area contributed by atoms with Gasteiger partial charge in [-0.25, -0.2) is 8.42 Å². The zero-order chi connectivity index (χ0) is 17.2. The normalized spacial score (nSPS) is 18.5. The van der Waals surface area contributed by atoms with Crippen LogP contribution in [0, 0.1) is 0 Å². The molecule has 1 saturated heterocycles. The Labute approximate surface area is 140 Å². The maximum absolute atomic E-state index is 12.4. The molecule has 0 saturated carbocycles. The summed E-state index contributed by atoms with van der Waals surface area (Å²) < 4.78 is 30.1. The zero-order valence-corrected chi connectivity index (χ0v) is 14.2. The lowest BCUT2D eigenvalue weighted by Crippen LogP contribution is -2.44. The molecule has 1 fully saturated rings. The topological polar surface area (TPSA) is 93.4 Å². The summed E-state index contributed by atoms with van der Waals surface area (Å²) in [6.07, 6.45) is 2.85. The Hall–Kier alpha value is -2.22.